The SMILES string of the molecule is O=S(=O)(c1ccc(Cl)s1)c1ccccc1-c1ccc(Cl)cc1. The molecule has 0 saturated carbocycles. The van der Waals surface area contributed by atoms with E-state index in [0.717, 1.165) is 16.9 Å². The second kappa shape index (κ2) is 6.05. The molecule has 3 rings (SSSR count). The Morgan fingerprint density at radius 2 is 1.50 bits per heavy atom. The molecular formula is C16H10Cl2O2S2. The molecule has 0 fully saturated rings. The zero-order valence-electron chi connectivity index (χ0n) is 11.2. The molecular weight excluding hydrogens is 359 g/mol. The van der Waals surface area contributed by atoms with Crippen LogP contribution in [0.4, 0.5) is 0 Å². The van der Waals surface area contributed by atoms with Gasteiger partial charge in [-0.05, 0) is 35.9 Å². The molecule has 1 aromatic heterocycles. The van der Waals surface area contributed by atoms with Crippen LogP contribution in [0.15, 0.2) is 69.8 Å². The molecule has 0 bridgehead atoms. The summed E-state index contributed by atoms with van der Waals surface area (Å²) in [5, 5.41) is 0.606. The topological polar surface area (TPSA) is 34.1 Å². The summed E-state index contributed by atoms with van der Waals surface area (Å²) in [6.07, 6.45) is 0. The third-order valence-electron chi connectivity index (χ3n) is 3.15. The van der Waals surface area contributed by atoms with Gasteiger partial charge in [-0.2, -0.15) is 0 Å². The van der Waals surface area contributed by atoms with Crippen LogP contribution in [-0.4, -0.2) is 8.42 Å². The van der Waals surface area contributed by atoms with Crippen LogP contribution >= 0.6 is 34.5 Å². The summed E-state index contributed by atoms with van der Waals surface area (Å²) in [5.74, 6) is 0. The van der Waals surface area contributed by atoms with Crippen molar-refractivity contribution in [2.75, 3.05) is 0 Å². The molecule has 22 heavy (non-hydrogen) atoms. The van der Waals surface area contributed by atoms with Gasteiger partial charge in [0.2, 0.25) is 9.84 Å². The van der Waals surface area contributed by atoms with Gasteiger partial charge in [0.1, 0.15) is 4.21 Å². The van der Waals surface area contributed by atoms with E-state index in [1.165, 1.54) is 6.07 Å². The van der Waals surface area contributed by atoms with E-state index in [4.69, 9.17) is 23.2 Å². The molecule has 2 aromatic carbocycles. The first kappa shape index (κ1) is 15.6. The van der Waals surface area contributed by atoms with Crippen molar-refractivity contribution >= 4 is 44.4 Å². The monoisotopic (exact) mass is 368 g/mol. The Morgan fingerprint density at radius 1 is 0.818 bits per heavy atom. The lowest BCUT2D eigenvalue weighted by molar-refractivity contribution is 0.598. The molecule has 1 heterocycles. The van der Waals surface area contributed by atoms with E-state index in [1.54, 1.807) is 48.5 Å². The van der Waals surface area contributed by atoms with E-state index in [9.17, 15) is 8.42 Å². The van der Waals surface area contributed by atoms with E-state index in [-0.39, 0.29) is 9.10 Å². The summed E-state index contributed by atoms with van der Waals surface area (Å²) in [7, 11) is -3.61. The van der Waals surface area contributed by atoms with Gasteiger partial charge in [-0.15, -0.1) is 11.3 Å². The number of halogens is 2. The van der Waals surface area contributed by atoms with Gasteiger partial charge in [0.25, 0.3) is 0 Å². The molecule has 0 atom stereocenters. The first-order chi connectivity index (χ1) is 10.5. The average Bonchev–Trinajstić information content (AvgIpc) is 2.95. The lowest BCUT2D eigenvalue weighted by Gasteiger charge is -2.09. The fourth-order valence-electron chi connectivity index (χ4n) is 2.12. The van der Waals surface area contributed by atoms with E-state index in [2.05, 4.69) is 0 Å². The second-order valence-corrected chi connectivity index (χ2v) is 8.86. The minimum absolute atomic E-state index is 0.235. The highest BCUT2D eigenvalue weighted by atomic mass is 35.5. The summed E-state index contributed by atoms with van der Waals surface area (Å²) in [5.41, 5.74) is 1.44. The fourth-order valence-corrected chi connectivity index (χ4v) is 5.33. The lowest BCUT2D eigenvalue weighted by Crippen LogP contribution is -2.01. The molecule has 3 aromatic rings. The second-order valence-electron chi connectivity index (χ2n) is 4.57. The zero-order chi connectivity index (χ0) is 15.7. The number of sulfone groups is 1. The van der Waals surface area contributed by atoms with E-state index >= 15 is 0 Å². The Hall–Kier alpha value is -1.33. The highest BCUT2D eigenvalue weighted by Crippen LogP contribution is 2.35. The van der Waals surface area contributed by atoms with Crippen LogP contribution in [0.3, 0.4) is 0 Å². The van der Waals surface area contributed by atoms with Gasteiger partial charge in [0.15, 0.2) is 0 Å². The van der Waals surface area contributed by atoms with Crippen molar-refractivity contribution < 1.29 is 8.42 Å². The third kappa shape index (κ3) is 2.92. The molecule has 0 unspecified atom stereocenters. The number of hydrogen-bond acceptors (Lipinski definition) is 3. The van der Waals surface area contributed by atoms with Crippen molar-refractivity contribution in [3.05, 3.63) is 70.0 Å². The summed E-state index contributed by atoms with van der Waals surface area (Å²) in [6.45, 7) is 0. The molecule has 0 radical (unpaired) electrons. The van der Waals surface area contributed by atoms with E-state index in [1.807, 2.05) is 6.07 Å². The fraction of sp³-hybridized carbons (Fsp3) is 0. The standard InChI is InChI=1S/C16H10Cl2O2S2/c17-12-7-5-11(6-8-12)13-3-1-2-4-14(13)22(19,20)16-10-9-15(18)21-16/h1-10H. The molecule has 2 nitrogen and oxygen atoms in total. The van der Waals surface area contributed by atoms with E-state index < -0.39 is 9.84 Å². The van der Waals surface area contributed by atoms with Crippen LogP contribution in [0.5, 0.6) is 0 Å². The largest absolute Gasteiger partial charge is 0.218 e. The molecule has 112 valence electrons. The number of rotatable bonds is 3. The quantitative estimate of drug-likeness (QED) is 0.606. The van der Waals surface area contributed by atoms with Crippen LogP contribution in [0.25, 0.3) is 11.1 Å². The Bertz CT molecular complexity index is 913. The summed E-state index contributed by atoms with van der Waals surface area (Å²) >= 11 is 12.8. The maximum absolute atomic E-state index is 12.8. The first-order valence-corrected chi connectivity index (χ1v) is 9.39. The molecule has 0 aliphatic heterocycles. The van der Waals surface area contributed by atoms with Crippen LogP contribution in [0.2, 0.25) is 9.36 Å². The van der Waals surface area contributed by atoms with Crippen molar-refractivity contribution in [1.29, 1.82) is 0 Å². The molecule has 6 heteroatoms. The van der Waals surface area contributed by atoms with Crippen molar-refractivity contribution in [2.24, 2.45) is 0 Å². The predicted molar refractivity (Wildman–Crippen MR) is 91.7 cm³/mol. The summed E-state index contributed by atoms with van der Waals surface area (Å²) < 4.78 is 26.3. The van der Waals surface area contributed by atoms with Gasteiger partial charge in [-0.25, -0.2) is 8.42 Å². The van der Waals surface area contributed by atoms with Gasteiger partial charge in [0, 0.05) is 10.6 Å². The smallest absolute Gasteiger partial charge is 0.216 e. The van der Waals surface area contributed by atoms with Crippen LogP contribution in [0.1, 0.15) is 0 Å². The Kier molecular flexibility index (Phi) is 4.28. The maximum atomic E-state index is 12.8. The molecule has 0 aliphatic carbocycles. The molecule has 0 spiro atoms. The van der Waals surface area contributed by atoms with Crippen LogP contribution in [0, 0.1) is 0 Å². The normalized spacial score (nSPS) is 11.5. The van der Waals surface area contributed by atoms with E-state index in [0.29, 0.717) is 14.9 Å². The van der Waals surface area contributed by atoms with Gasteiger partial charge in [-0.1, -0.05) is 53.5 Å². The minimum atomic E-state index is -3.61. The molecule has 0 saturated heterocycles. The van der Waals surface area contributed by atoms with Crippen molar-refractivity contribution in [2.45, 2.75) is 9.10 Å². The molecule has 0 amide bonds. The number of benzene rings is 2. The number of thiophene rings is 1. The highest BCUT2D eigenvalue weighted by Gasteiger charge is 2.23. The van der Waals surface area contributed by atoms with Crippen molar-refractivity contribution in [3.8, 4) is 11.1 Å². The minimum Gasteiger partial charge on any atom is -0.218 e. The Labute approximate surface area is 142 Å². The van der Waals surface area contributed by atoms with Crippen LogP contribution < -0.4 is 0 Å². The van der Waals surface area contributed by atoms with Crippen molar-refractivity contribution in [3.63, 3.8) is 0 Å². The molecule has 0 N–H and O–H groups in total. The Balaban J connectivity index is 2.18. The summed E-state index contributed by atoms with van der Waals surface area (Å²) in [4.78, 5) is 0.260. The van der Waals surface area contributed by atoms with Gasteiger partial charge in [-0.3, -0.25) is 0 Å². The predicted octanol–water partition coefficient (Wildman–Crippen LogP) is 5.55. The first-order valence-electron chi connectivity index (χ1n) is 6.34. The number of hydrogen-bond donors (Lipinski definition) is 0. The van der Waals surface area contributed by atoms with Crippen molar-refractivity contribution in [1.82, 2.24) is 0 Å². The average molecular weight is 369 g/mol. The van der Waals surface area contributed by atoms with Gasteiger partial charge < -0.3 is 0 Å². The highest BCUT2D eigenvalue weighted by molar-refractivity contribution is 7.93. The Morgan fingerprint density at radius 3 is 2.14 bits per heavy atom. The molecule has 0 aliphatic rings. The van der Waals surface area contributed by atoms with Crippen LogP contribution in [-0.2, 0) is 9.84 Å². The third-order valence-corrected chi connectivity index (χ3v) is 6.93. The lowest BCUT2D eigenvalue weighted by atomic mass is 10.1. The summed E-state index contributed by atoms with van der Waals surface area (Å²) in [6, 6.07) is 17.1. The van der Waals surface area contributed by atoms with Gasteiger partial charge >= 0.3 is 0 Å². The maximum Gasteiger partial charge on any atom is 0.216 e. The van der Waals surface area contributed by atoms with Gasteiger partial charge in [0.05, 0.1) is 9.23 Å². The zero-order valence-corrected chi connectivity index (χ0v) is 14.3.